The van der Waals surface area contributed by atoms with Gasteiger partial charge in [0.1, 0.15) is 17.1 Å². The van der Waals surface area contributed by atoms with Crippen LogP contribution in [0.1, 0.15) is 17.3 Å². The first-order chi connectivity index (χ1) is 15.5. The van der Waals surface area contributed by atoms with E-state index in [4.69, 9.17) is 10.5 Å². The Morgan fingerprint density at radius 3 is 2.30 bits per heavy atom. The maximum atomic E-state index is 13.4. The van der Waals surface area contributed by atoms with Crippen molar-refractivity contribution in [3.05, 3.63) is 56.1 Å². The van der Waals surface area contributed by atoms with Gasteiger partial charge in [-0.25, -0.2) is 0 Å². The van der Waals surface area contributed by atoms with Crippen molar-refractivity contribution in [1.82, 2.24) is 4.90 Å². The normalized spacial score (nSPS) is 15.8. The van der Waals surface area contributed by atoms with E-state index in [1.165, 1.54) is 25.3 Å². The van der Waals surface area contributed by atoms with Crippen LogP contribution in [0, 0.1) is 20.2 Å². The van der Waals surface area contributed by atoms with Crippen LogP contribution >= 0.6 is 0 Å². The lowest BCUT2D eigenvalue weighted by Crippen LogP contribution is -2.54. The van der Waals surface area contributed by atoms with Crippen LogP contribution in [0.25, 0.3) is 0 Å². The minimum atomic E-state index is -0.535. The first kappa shape index (κ1) is 23.6. The van der Waals surface area contributed by atoms with E-state index in [9.17, 15) is 25.0 Å². The van der Waals surface area contributed by atoms with E-state index < -0.39 is 9.85 Å². The number of amides is 1. The van der Waals surface area contributed by atoms with Gasteiger partial charge in [-0.1, -0.05) is 0 Å². The molecular weight excluding hydrogens is 432 g/mol. The molecule has 12 nitrogen and oxygen atoms in total. The molecule has 176 valence electrons. The molecule has 1 atom stereocenters. The number of piperazine rings is 1. The maximum Gasteiger partial charge on any atom is 0.293 e. The number of nitro groups is 2. The predicted octanol–water partition coefficient (Wildman–Crippen LogP) is 2.51. The standard InChI is InChI=1S/C21H26N6O6/c1-13-12-24(14-5-6-17(26(29)30)16(22)9-14)7-8-25(13)21(28)15-10-19(27(31)32)18(23(2)3)11-20(15)33-4/h5-6,9-11,13H,7-8,12,22H2,1-4H3/t13-/m1/s1. The smallest absolute Gasteiger partial charge is 0.293 e. The zero-order valence-electron chi connectivity index (χ0n) is 18.8. The summed E-state index contributed by atoms with van der Waals surface area (Å²) in [6.45, 7) is 3.15. The van der Waals surface area contributed by atoms with Gasteiger partial charge in [0.15, 0.2) is 0 Å². The molecule has 1 saturated heterocycles. The Balaban J connectivity index is 1.85. The second-order valence-corrected chi connectivity index (χ2v) is 7.99. The summed E-state index contributed by atoms with van der Waals surface area (Å²) in [6.07, 6.45) is 0. The lowest BCUT2D eigenvalue weighted by atomic mass is 10.1. The Morgan fingerprint density at radius 1 is 1.12 bits per heavy atom. The Bertz CT molecular complexity index is 1100. The Kier molecular flexibility index (Phi) is 6.56. The SMILES string of the molecule is COc1cc(N(C)C)c([N+](=O)[O-])cc1C(=O)N1CCN(c2ccc([N+](=O)[O-])c(N)c2)C[C@H]1C. The zero-order valence-corrected chi connectivity index (χ0v) is 18.8. The third-order valence-corrected chi connectivity index (χ3v) is 5.67. The topological polar surface area (TPSA) is 148 Å². The summed E-state index contributed by atoms with van der Waals surface area (Å²) < 4.78 is 5.38. The van der Waals surface area contributed by atoms with Crippen molar-refractivity contribution in [3.8, 4) is 5.75 Å². The number of nitrogens with zero attached hydrogens (tertiary/aromatic N) is 5. The average molecular weight is 458 g/mol. The number of hydrogen-bond donors (Lipinski definition) is 1. The van der Waals surface area contributed by atoms with Crippen LogP contribution in [0.15, 0.2) is 30.3 Å². The molecule has 2 aromatic rings. The second-order valence-electron chi connectivity index (χ2n) is 7.99. The zero-order chi connectivity index (χ0) is 24.4. The number of carbonyl (C=O) groups excluding carboxylic acids is 1. The van der Waals surface area contributed by atoms with Crippen LogP contribution in [-0.2, 0) is 0 Å². The molecule has 0 unspecified atom stereocenters. The molecule has 1 heterocycles. The van der Waals surface area contributed by atoms with E-state index in [2.05, 4.69) is 0 Å². The van der Waals surface area contributed by atoms with Crippen LogP contribution in [0.4, 0.5) is 28.4 Å². The number of hydrogen-bond acceptors (Lipinski definition) is 9. The number of rotatable bonds is 6. The van der Waals surface area contributed by atoms with E-state index in [0.717, 1.165) is 5.69 Å². The average Bonchev–Trinajstić information content (AvgIpc) is 2.77. The van der Waals surface area contributed by atoms with Gasteiger partial charge >= 0.3 is 0 Å². The number of ether oxygens (including phenoxy) is 1. The minimum absolute atomic E-state index is 0.0710. The highest BCUT2D eigenvalue weighted by molar-refractivity contribution is 5.99. The first-order valence-electron chi connectivity index (χ1n) is 10.2. The summed E-state index contributed by atoms with van der Waals surface area (Å²) in [6, 6.07) is 7.06. The summed E-state index contributed by atoms with van der Waals surface area (Å²) in [5, 5.41) is 22.6. The number of nitro benzene ring substituents is 2. The second kappa shape index (κ2) is 9.18. The maximum absolute atomic E-state index is 13.4. The molecule has 1 aliphatic heterocycles. The van der Waals surface area contributed by atoms with E-state index in [1.807, 2.05) is 11.8 Å². The number of carbonyl (C=O) groups is 1. The Hall–Kier alpha value is -4.09. The molecule has 12 heteroatoms. The largest absolute Gasteiger partial charge is 0.496 e. The van der Waals surface area contributed by atoms with E-state index >= 15 is 0 Å². The number of nitrogen functional groups attached to an aromatic ring is 1. The molecule has 1 aliphatic rings. The van der Waals surface area contributed by atoms with Crippen molar-refractivity contribution >= 4 is 34.3 Å². The third kappa shape index (κ3) is 4.59. The molecule has 0 saturated carbocycles. The van der Waals surface area contributed by atoms with E-state index in [1.54, 1.807) is 36.0 Å². The molecule has 33 heavy (non-hydrogen) atoms. The molecule has 0 radical (unpaired) electrons. The summed E-state index contributed by atoms with van der Waals surface area (Å²) >= 11 is 0. The minimum Gasteiger partial charge on any atom is -0.496 e. The predicted molar refractivity (Wildman–Crippen MR) is 124 cm³/mol. The molecule has 1 amide bonds. The lowest BCUT2D eigenvalue weighted by molar-refractivity contribution is -0.384. The van der Waals surface area contributed by atoms with Gasteiger partial charge in [0.2, 0.25) is 0 Å². The summed E-state index contributed by atoms with van der Waals surface area (Å²) in [5.74, 6) is -0.109. The summed E-state index contributed by atoms with van der Waals surface area (Å²) in [4.78, 5) is 40.1. The van der Waals surface area contributed by atoms with Crippen molar-refractivity contribution in [1.29, 1.82) is 0 Å². The molecular formula is C21H26N6O6. The van der Waals surface area contributed by atoms with Gasteiger partial charge in [-0.2, -0.15) is 0 Å². The van der Waals surface area contributed by atoms with Gasteiger partial charge in [-0.3, -0.25) is 25.0 Å². The Labute approximate surface area is 190 Å². The molecule has 0 aliphatic carbocycles. The van der Waals surface area contributed by atoms with Gasteiger partial charge in [-0.05, 0) is 19.1 Å². The molecule has 0 aromatic heterocycles. The van der Waals surface area contributed by atoms with Gasteiger partial charge in [0.05, 0.1) is 22.5 Å². The molecule has 2 aromatic carbocycles. The molecule has 3 rings (SSSR count). The van der Waals surface area contributed by atoms with Crippen LogP contribution in [0.2, 0.25) is 0 Å². The van der Waals surface area contributed by atoms with Crippen LogP contribution in [-0.4, -0.2) is 67.5 Å². The van der Waals surface area contributed by atoms with Gasteiger partial charge in [0, 0.05) is 63.7 Å². The Morgan fingerprint density at radius 2 is 1.79 bits per heavy atom. The summed E-state index contributed by atoms with van der Waals surface area (Å²) in [7, 11) is 4.77. The van der Waals surface area contributed by atoms with Crippen molar-refractivity contribution in [2.24, 2.45) is 0 Å². The molecule has 0 bridgehead atoms. The highest BCUT2D eigenvalue weighted by Crippen LogP contribution is 2.36. The monoisotopic (exact) mass is 458 g/mol. The fourth-order valence-electron chi connectivity index (χ4n) is 3.95. The fourth-order valence-corrected chi connectivity index (χ4v) is 3.95. The van der Waals surface area contributed by atoms with Gasteiger partial charge in [0.25, 0.3) is 17.3 Å². The van der Waals surface area contributed by atoms with Gasteiger partial charge in [-0.15, -0.1) is 0 Å². The van der Waals surface area contributed by atoms with Crippen molar-refractivity contribution in [3.63, 3.8) is 0 Å². The quantitative estimate of drug-likeness (QED) is 0.391. The van der Waals surface area contributed by atoms with Crippen molar-refractivity contribution < 1.29 is 19.4 Å². The number of anilines is 3. The van der Waals surface area contributed by atoms with E-state index in [0.29, 0.717) is 25.3 Å². The van der Waals surface area contributed by atoms with Crippen LogP contribution in [0.5, 0.6) is 5.75 Å². The van der Waals surface area contributed by atoms with Crippen LogP contribution < -0.4 is 20.3 Å². The molecule has 2 N–H and O–H groups in total. The summed E-state index contributed by atoms with van der Waals surface area (Å²) in [5.41, 5.74) is 6.72. The lowest BCUT2D eigenvalue weighted by Gasteiger charge is -2.41. The number of nitrogens with two attached hydrogens (primary N) is 1. The third-order valence-electron chi connectivity index (χ3n) is 5.67. The molecule has 1 fully saturated rings. The fraction of sp³-hybridized carbons (Fsp3) is 0.381. The van der Waals surface area contributed by atoms with Gasteiger partial charge < -0.3 is 25.2 Å². The van der Waals surface area contributed by atoms with Crippen LogP contribution in [0.3, 0.4) is 0 Å². The van der Waals surface area contributed by atoms with E-state index in [-0.39, 0.29) is 40.3 Å². The number of benzene rings is 2. The number of methoxy groups -OCH3 is 1. The first-order valence-corrected chi connectivity index (χ1v) is 10.2. The highest BCUT2D eigenvalue weighted by Gasteiger charge is 2.32. The molecule has 0 spiro atoms. The highest BCUT2D eigenvalue weighted by atomic mass is 16.6. The van der Waals surface area contributed by atoms with Crippen molar-refractivity contribution in [2.45, 2.75) is 13.0 Å². The van der Waals surface area contributed by atoms with Crippen molar-refractivity contribution in [2.75, 3.05) is 56.4 Å².